The predicted octanol–water partition coefficient (Wildman–Crippen LogP) is 3.27. The Bertz CT molecular complexity index is 520. The van der Waals surface area contributed by atoms with Gasteiger partial charge in [0.25, 0.3) is 5.91 Å². The van der Waals surface area contributed by atoms with Crippen molar-refractivity contribution in [3.05, 3.63) is 23.8 Å². The SMILES string of the molecule is CCC1OCCC1C(Br)c1ccc2c(c1)NC(=O)CO2. The normalized spacial score (nSPS) is 26.6. The topological polar surface area (TPSA) is 47.6 Å². The number of ether oxygens (including phenoxy) is 2. The summed E-state index contributed by atoms with van der Waals surface area (Å²) in [7, 11) is 0. The summed E-state index contributed by atoms with van der Waals surface area (Å²) >= 11 is 3.80. The summed E-state index contributed by atoms with van der Waals surface area (Å²) in [5.41, 5.74) is 1.92. The van der Waals surface area contributed by atoms with Gasteiger partial charge >= 0.3 is 0 Å². The third-order valence-electron chi connectivity index (χ3n) is 3.99. The average molecular weight is 340 g/mol. The molecule has 0 bridgehead atoms. The maximum atomic E-state index is 11.4. The smallest absolute Gasteiger partial charge is 0.262 e. The van der Waals surface area contributed by atoms with Crippen molar-refractivity contribution in [2.75, 3.05) is 18.5 Å². The van der Waals surface area contributed by atoms with Gasteiger partial charge in [0.1, 0.15) is 5.75 Å². The molecule has 0 aromatic heterocycles. The van der Waals surface area contributed by atoms with Crippen LogP contribution in [0.5, 0.6) is 5.75 Å². The van der Waals surface area contributed by atoms with Gasteiger partial charge in [-0.25, -0.2) is 0 Å². The fourth-order valence-corrected chi connectivity index (χ4v) is 3.83. The van der Waals surface area contributed by atoms with E-state index in [1.54, 1.807) is 0 Å². The highest BCUT2D eigenvalue weighted by Gasteiger charge is 2.33. The second-order valence-electron chi connectivity index (χ2n) is 5.26. The molecule has 4 nitrogen and oxygen atoms in total. The maximum Gasteiger partial charge on any atom is 0.262 e. The summed E-state index contributed by atoms with van der Waals surface area (Å²) in [4.78, 5) is 11.6. The van der Waals surface area contributed by atoms with Crippen molar-refractivity contribution in [2.24, 2.45) is 5.92 Å². The molecule has 5 heteroatoms. The number of anilines is 1. The molecule has 2 aliphatic rings. The third kappa shape index (κ3) is 2.56. The van der Waals surface area contributed by atoms with Crippen LogP contribution in [0.4, 0.5) is 5.69 Å². The molecule has 1 N–H and O–H groups in total. The molecule has 2 heterocycles. The van der Waals surface area contributed by atoms with Crippen LogP contribution in [0.2, 0.25) is 0 Å². The summed E-state index contributed by atoms with van der Waals surface area (Å²) in [5, 5.41) is 2.85. The molecule has 0 radical (unpaired) electrons. The summed E-state index contributed by atoms with van der Waals surface area (Å²) in [6.07, 6.45) is 2.40. The Kier molecular flexibility index (Phi) is 3.98. The predicted molar refractivity (Wildman–Crippen MR) is 80.4 cm³/mol. The molecule has 1 amide bonds. The molecule has 0 saturated carbocycles. The number of fused-ring (bicyclic) bond motifs is 1. The van der Waals surface area contributed by atoms with Crippen LogP contribution in [-0.2, 0) is 9.53 Å². The minimum absolute atomic E-state index is 0.0957. The molecule has 108 valence electrons. The highest BCUT2D eigenvalue weighted by atomic mass is 79.9. The first-order chi connectivity index (χ1) is 9.69. The number of carbonyl (C=O) groups excluding carboxylic acids is 1. The van der Waals surface area contributed by atoms with E-state index < -0.39 is 0 Å². The van der Waals surface area contributed by atoms with Gasteiger partial charge in [-0.15, -0.1) is 0 Å². The van der Waals surface area contributed by atoms with Crippen LogP contribution in [0, 0.1) is 5.92 Å². The minimum atomic E-state index is -0.101. The van der Waals surface area contributed by atoms with Crippen molar-refractivity contribution in [3.63, 3.8) is 0 Å². The Balaban J connectivity index is 1.83. The van der Waals surface area contributed by atoms with Crippen molar-refractivity contribution in [3.8, 4) is 5.75 Å². The van der Waals surface area contributed by atoms with Crippen LogP contribution in [0.15, 0.2) is 18.2 Å². The number of amides is 1. The number of rotatable bonds is 3. The summed E-state index contributed by atoms with van der Waals surface area (Å²) in [5.74, 6) is 1.11. The highest BCUT2D eigenvalue weighted by Crippen LogP contribution is 2.42. The first-order valence-corrected chi connectivity index (χ1v) is 7.93. The molecule has 1 fully saturated rings. The van der Waals surface area contributed by atoms with Crippen molar-refractivity contribution >= 4 is 27.5 Å². The van der Waals surface area contributed by atoms with Gasteiger partial charge in [0.2, 0.25) is 0 Å². The highest BCUT2D eigenvalue weighted by molar-refractivity contribution is 9.09. The monoisotopic (exact) mass is 339 g/mol. The number of alkyl halides is 1. The van der Waals surface area contributed by atoms with Gasteiger partial charge in [0.15, 0.2) is 6.61 Å². The zero-order valence-electron chi connectivity index (χ0n) is 11.4. The minimum Gasteiger partial charge on any atom is -0.482 e. The van der Waals surface area contributed by atoms with Crippen molar-refractivity contribution in [1.82, 2.24) is 0 Å². The van der Waals surface area contributed by atoms with E-state index in [0.717, 1.165) is 36.4 Å². The number of halogens is 1. The molecule has 20 heavy (non-hydrogen) atoms. The molecule has 0 aliphatic carbocycles. The first-order valence-electron chi connectivity index (χ1n) is 7.01. The molecule has 1 aromatic rings. The van der Waals surface area contributed by atoms with Crippen LogP contribution in [-0.4, -0.2) is 25.2 Å². The lowest BCUT2D eigenvalue weighted by molar-refractivity contribution is -0.118. The van der Waals surface area contributed by atoms with Crippen LogP contribution in [0.25, 0.3) is 0 Å². The second kappa shape index (κ2) is 5.74. The van der Waals surface area contributed by atoms with Crippen molar-refractivity contribution in [2.45, 2.75) is 30.7 Å². The Morgan fingerprint density at radius 2 is 2.35 bits per heavy atom. The molecule has 3 unspecified atom stereocenters. The summed E-state index contributed by atoms with van der Waals surface area (Å²) in [6.45, 7) is 3.08. The Labute approximate surface area is 127 Å². The molecular formula is C15H18BrNO3. The van der Waals surface area contributed by atoms with Crippen LogP contribution < -0.4 is 10.1 Å². The number of nitrogens with one attached hydrogen (secondary N) is 1. The van der Waals surface area contributed by atoms with E-state index in [1.807, 2.05) is 12.1 Å². The van der Waals surface area contributed by atoms with E-state index in [1.165, 1.54) is 0 Å². The number of carbonyl (C=O) groups is 1. The summed E-state index contributed by atoms with van der Waals surface area (Å²) < 4.78 is 11.1. The second-order valence-corrected chi connectivity index (χ2v) is 6.25. The molecule has 3 atom stereocenters. The Morgan fingerprint density at radius 3 is 3.15 bits per heavy atom. The fourth-order valence-electron chi connectivity index (χ4n) is 2.94. The van der Waals surface area contributed by atoms with E-state index in [0.29, 0.717) is 12.0 Å². The van der Waals surface area contributed by atoms with E-state index in [4.69, 9.17) is 9.47 Å². The first kappa shape index (κ1) is 13.9. The zero-order valence-corrected chi connectivity index (χ0v) is 13.0. The molecule has 3 rings (SSSR count). The molecule has 1 aromatic carbocycles. The third-order valence-corrected chi connectivity index (χ3v) is 5.20. The lowest BCUT2D eigenvalue weighted by Crippen LogP contribution is -2.25. The Hall–Kier alpha value is -1.07. The van der Waals surface area contributed by atoms with E-state index in [2.05, 4.69) is 34.2 Å². The lowest BCUT2D eigenvalue weighted by atomic mass is 9.91. The van der Waals surface area contributed by atoms with Gasteiger partial charge in [-0.3, -0.25) is 4.79 Å². The van der Waals surface area contributed by atoms with Gasteiger partial charge in [-0.05, 0) is 30.5 Å². The van der Waals surface area contributed by atoms with Crippen LogP contribution in [0.3, 0.4) is 0 Å². The van der Waals surface area contributed by atoms with E-state index in [-0.39, 0.29) is 17.3 Å². The van der Waals surface area contributed by atoms with E-state index >= 15 is 0 Å². The summed E-state index contributed by atoms with van der Waals surface area (Å²) in [6, 6.07) is 5.98. The molecular weight excluding hydrogens is 322 g/mol. The van der Waals surface area contributed by atoms with Gasteiger partial charge < -0.3 is 14.8 Å². The van der Waals surface area contributed by atoms with Gasteiger partial charge in [0, 0.05) is 17.4 Å². The molecule has 1 saturated heterocycles. The van der Waals surface area contributed by atoms with Crippen LogP contribution >= 0.6 is 15.9 Å². The Morgan fingerprint density at radius 1 is 1.50 bits per heavy atom. The largest absolute Gasteiger partial charge is 0.482 e. The number of hydrogen-bond donors (Lipinski definition) is 1. The molecule has 0 spiro atoms. The fraction of sp³-hybridized carbons (Fsp3) is 0.533. The average Bonchev–Trinajstić information content (AvgIpc) is 2.94. The van der Waals surface area contributed by atoms with Gasteiger partial charge in [-0.1, -0.05) is 28.9 Å². The zero-order chi connectivity index (χ0) is 14.1. The molecule has 2 aliphatic heterocycles. The van der Waals surface area contributed by atoms with E-state index in [9.17, 15) is 4.79 Å². The number of hydrogen-bond acceptors (Lipinski definition) is 3. The van der Waals surface area contributed by atoms with Crippen molar-refractivity contribution in [1.29, 1.82) is 0 Å². The van der Waals surface area contributed by atoms with Crippen LogP contribution in [0.1, 0.15) is 30.2 Å². The number of benzene rings is 1. The van der Waals surface area contributed by atoms with Crippen molar-refractivity contribution < 1.29 is 14.3 Å². The maximum absolute atomic E-state index is 11.4. The quantitative estimate of drug-likeness (QED) is 0.859. The lowest BCUT2D eigenvalue weighted by Gasteiger charge is -2.24. The van der Waals surface area contributed by atoms with Gasteiger partial charge in [-0.2, -0.15) is 0 Å². The van der Waals surface area contributed by atoms with Gasteiger partial charge in [0.05, 0.1) is 11.8 Å². The standard InChI is InChI=1S/C15H18BrNO3/c1-2-12-10(5-6-19-12)15(16)9-3-4-13-11(7-9)17-14(18)8-20-13/h3-4,7,10,12,15H,2,5-6,8H2,1H3,(H,17,18).